The van der Waals surface area contributed by atoms with Crippen molar-refractivity contribution in [3.63, 3.8) is 0 Å². The Labute approximate surface area is 84.0 Å². The van der Waals surface area contributed by atoms with Gasteiger partial charge >= 0.3 is 5.97 Å². The second-order valence-electron chi connectivity index (χ2n) is 2.14. The number of carbonyl (C=O) groups is 1. The molecule has 4 N–H and O–H groups in total. The fourth-order valence-corrected chi connectivity index (χ4v) is 0.637. The molecule has 4 heteroatoms. The maximum atomic E-state index is 10.8. The smallest absolute Gasteiger partial charge is 0.320 e. The lowest BCUT2D eigenvalue weighted by Gasteiger charge is -2.05. The van der Waals surface area contributed by atoms with Crippen molar-refractivity contribution in [2.24, 2.45) is 5.73 Å². The molecule has 0 aromatic heterocycles. The fourth-order valence-electron chi connectivity index (χ4n) is 0.637. The Kier molecular flexibility index (Phi) is 1.23. The van der Waals surface area contributed by atoms with E-state index >= 15 is 0 Å². The summed E-state index contributed by atoms with van der Waals surface area (Å²) in [5.41, 5.74) is 4.36. The van der Waals surface area contributed by atoms with Crippen LogP contribution in [0.5, 0.6) is 5.75 Å². The van der Waals surface area contributed by atoms with E-state index in [0.717, 1.165) is 0 Å². The normalized spacial score (nSPS) is 22.5. The van der Waals surface area contributed by atoms with E-state index in [4.69, 9.17) is 19.1 Å². The van der Waals surface area contributed by atoms with Crippen molar-refractivity contribution >= 4 is 5.97 Å². The van der Waals surface area contributed by atoms with Gasteiger partial charge in [-0.1, -0.05) is 12.1 Å². The van der Waals surface area contributed by atoms with E-state index in [0.29, 0.717) is 6.07 Å². The first kappa shape index (κ1) is 4.11. The first-order chi connectivity index (χ1) is 8.44. The number of aliphatic carboxylic acids is 1. The predicted molar refractivity (Wildman–Crippen MR) is 47.4 cm³/mol. The molecular formula is C9H11NO3. The van der Waals surface area contributed by atoms with Gasteiger partial charge in [0.2, 0.25) is 0 Å². The number of aromatic hydroxyl groups is 1. The van der Waals surface area contributed by atoms with Crippen LogP contribution in [0.15, 0.2) is 24.2 Å². The summed E-state index contributed by atoms with van der Waals surface area (Å²) in [4.78, 5) is 10.8. The molecule has 0 saturated heterocycles. The molecule has 1 atom stereocenters. The van der Waals surface area contributed by atoms with Crippen LogP contribution in [0, 0.1) is 0 Å². The molecule has 0 aliphatic heterocycles. The Hall–Kier alpha value is -1.55. The number of hydrogen-bond donors (Lipinski definition) is 3. The van der Waals surface area contributed by atoms with Crippen molar-refractivity contribution in [2.45, 2.75) is 12.4 Å². The number of carboxylic acids is 1. The summed E-state index contributed by atoms with van der Waals surface area (Å²) < 4.78 is 44.6. The van der Waals surface area contributed by atoms with Gasteiger partial charge in [-0.3, -0.25) is 4.79 Å². The van der Waals surface area contributed by atoms with Gasteiger partial charge in [-0.05, 0) is 24.0 Å². The molecule has 0 amide bonds. The highest BCUT2D eigenvalue weighted by Gasteiger charge is 2.11. The lowest BCUT2D eigenvalue weighted by molar-refractivity contribution is -0.138. The molecule has 0 spiro atoms. The SMILES string of the molecule is [2H]c1cc(C([2H])([2H])[C@@]([2H])(N)C(=O)O)c([2H])c(O)c1[2H]. The van der Waals surface area contributed by atoms with Crippen LogP contribution < -0.4 is 5.73 Å². The van der Waals surface area contributed by atoms with Crippen LogP contribution in [0.3, 0.4) is 0 Å². The molecule has 70 valence electrons. The fraction of sp³-hybridized carbons (Fsp3) is 0.222. The summed E-state index contributed by atoms with van der Waals surface area (Å²) >= 11 is 0. The number of phenols is 1. The van der Waals surface area contributed by atoms with Crippen LogP contribution in [-0.2, 0) is 11.2 Å². The lowest BCUT2D eigenvalue weighted by atomic mass is 10.1. The zero-order valence-corrected chi connectivity index (χ0v) is 6.46. The molecule has 0 aliphatic carbocycles. The van der Waals surface area contributed by atoms with Gasteiger partial charge in [-0.2, -0.15) is 0 Å². The summed E-state index contributed by atoms with van der Waals surface area (Å²) in [6.07, 6.45) is -3.03. The van der Waals surface area contributed by atoms with E-state index in [2.05, 4.69) is 0 Å². The summed E-state index contributed by atoms with van der Waals surface area (Å²) in [5.74, 6) is -2.93. The van der Waals surface area contributed by atoms with Crippen LogP contribution in [0.25, 0.3) is 0 Å². The Bertz CT molecular complexity index is 545. The molecule has 0 saturated carbocycles. The van der Waals surface area contributed by atoms with E-state index in [-0.39, 0.29) is 0 Å². The third-order valence-corrected chi connectivity index (χ3v) is 1.16. The predicted octanol–water partition coefficient (Wildman–Crippen LogP) is 0.347. The third kappa shape index (κ3) is 2.76. The van der Waals surface area contributed by atoms with Gasteiger partial charge in [0.15, 0.2) is 0 Å². The number of phenolic OH excluding ortho intramolecular Hbond substituents is 1. The Balaban J connectivity index is 3.59. The molecule has 4 nitrogen and oxygen atoms in total. The average molecular weight is 187 g/mol. The monoisotopic (exact) mass is 187 g/mol. The van der Waals surface area contributed by atoms with Crippen LogP contribution in [-0.4, -0.2) is 22.2 Å². The Morgan fingerprint density at radius 2 is 2.62 bits per heavy atom. The van der Waals surface area contributed by atoms with Crippen molar-refractivity contribution in [3.05, 3.63) is 29.8 Å². The van der Waals surface area contributed by atoms with E-state index in [1.807, 2.05) is 0 Å². The summed E-state index contributed by atoms with van der Waals surface area (Å²) in [5, 5.41) is 18.2. The van der Waals surface area contributed by atoms with Crippen molar-refractivity contribution in [2.75, 3.05) is 0 Å². The standard InChI is InChI=1S/C9H11NO3/c10-8(9(12)13)5-6-2-1-3-7(11)4-6/h1-4,8,11H,5,10H2,(H,12,13)/t8-/m1/s1/i1D,3D,4D,5D2,8D. The number of rotatable bonds is 3. The highest BCUT2D eigenvalue weighted by Crippen LogP contribution is 2.11. The Morgan fingerprint density at radius 1 is 1.92 bits per heavy atom. The minimum absolute atomic E-state index is 0.603. The van der Waals surface area contributed by atoms with Crippen LogP contribution in [0.1, 0.15) is 13.8 Å². The summed E-state index contributed by atoms with van der Waals surface area (Å²) in [6, 6.07) is -4.55. The van der Waals surface area contributed by atoms with Gasteiger partial charge in [0.05, 0.1) is 5.48 Å². The van der Waals surface area contributed by atoms with Gasteiger partial charge in [0.1, 0.15) is 11.8 Å². The average Bonchev–Trinajstić information content (AvgIpc) is 2.30. The molecule has 0 aliphatic rings. The quantitative estimate of drug-likeness (QED) is 0.637. The van der Waals surface area contributed by atoms with Gasteiger partial charge in [0, 0.05) is 2.74 Å². The van der Waals surface area contributed by atoms with Crippen LogP contribution in [0.2, 0.25) is 0 Å². The number of hydrogen-bond acceptors (Lipinski definition) is 3. The van der Waals surface area contributed by atoms with Crippen molar-refractivity contribution in [1.29, 1.82) is 0 Å². The molecule has 1 aromatic carbocycles. The largest absolute Gasteiger partial charge is 0.508 e. The highest BCUT2D eigenvalue weighted by atomic mass is 16.4. The molecular weight excluding hydrogens is 170 g/mol. The van der Waals surface area contributed by atoms with Gasteiger partial charge in [-0.15, -0.1) is 0 Å². The van der Waals surface area contributed by atoms with Crippen molar-refractivity contribution in [3.8, 4) is 5.75 Å². The zero-order valence-electron chi connectivity index (χ0n) is 12.5. The molecule has 1 aromatic rings. The van der Waals surface area contributed by atoms with Gasteiger partial charge < -0.3 is 15.9 Å². The Morgan fingerprint density at radius 3 is 3.23 bits per heavy atom. The van der Waals surface area contributed by atoms with Gasteiger partial charge in [0.25, 0.3) is 0 Å². The topological polar surface area (TPSA) is 83.6 Å². The van der Waals surface area contributed by atoms with Gasteiger partial charge in [-0.25, -0.2) is 0 Å². The second kappa shape index (κ2) is 3.91. The molecule has 13 heavy (non-hydrogen) atoms. The minimum atomic E-state index is -3.11. The van der Waals surface area contributed by atoms with E-state index in [9.17, 15) is 9.90 Å². The van der Waals surface area contributed by atoms with Crippen molar-refractivity contribution < 1.29 is 23.2 Å². The highest BCUT2D eigenvalue weighted by molar-refractivity contribution is 5.73. The zero-order chi connectivity index (χ0) is 15.2. The summed E-state index contributed by atoms with van der Waals surface area (Å²) in [6.45, 7) is 0. The first-order valence-electron chi connectivity index (χ1n) is 6.27. The minimum Gasteiger partial charge on any atom is -0.508 e. The van der Waals surface area contributed by atoms with E-state index in [1.165, 1.54) is 0 Å². The lowest BCUT2D eigenvalue weighted by Crippen LogP contribution is -2.32. The molecule has 0 radical (unpaired) electrons. The van der Waals surface area contributed by atoms with E-state index < -0.39 is 47.8 Å². The first-order valence-corrected chi connectivity index (χ1v) is 3.27. The molecule has 0 fully saturated rings. The number of benzene rings is 1. The molecule has 0 bridgehead atoms. The molecule has 0 unspecified atom stereocenters. The summed E-state index contributed by atoms with van der Waals surface area (Å²) in [7, 11) is 0. The van der Waals surface area contributed by atoms with Crippen LogP contribution in [0.4, 0.5) is 0 Å². The molecule has 0 heterocycles. The maximum absolute atomic E-state index is 10.8. The maximum Gasteiger partial charge on any atom is 0.320 e. The third-order valence-electron chi connectivity index (χ3n) is 1.16. The molecule has 1 rings (SSSR count). The van der Waals surface area contributed by atoms with E-state index in [1.54, 1.807) is 0 Å². The number of carboxylic acid groups (broad SMARTS) is 1. The second-order valence-corrected chi connectivity index (χ2v) is 2.14. The van der Waals surface area contributed by atoms with Crippen LogP contribution >= 0.6 is 0 Å². The number of nitrogens with two attached hydrogens (primary N) is 1. The van der Waals surface area contributed by atoms with Crippen molar-refractivity contribution in [1.82, 2.24) is 0 Å².